The minimum absolute atomic E-state index is 0.0317. The van der Waals surface area contributed by atoms with Crippen LogP contribution in [0, 0.1) is 30.3 Å². The summed E-state index contributed by atoms with van der Waals surface area (Å²) in [4.78, 5) is 21.8. The molecule has 2 atom stereocenters. The van der Waals surface area contributed by atoms with Crippen LogP contribution in [0.4, 0.5) is 13.2 Å². The van der Waals surface area contributed by atoms with Crippen molar-refractivity contribution in [3.8, 4) is 0 Å². The van der Waals surface area contributed by atoms with Gasteiger partial charge in [0.05, 0.1) is 7.11 Å². The molecule has 1 N–H and O–H groups in total. The van der Waals surface area contributed by atoms with E-state index in [0.29, 0.717) is 17.0 Å². The van der Waals surface area contributed by atoms with Crippen LogP contribution in [0.2, 0.25) is 0 Å². The molecule has 0 radical (unpaired) electrons. The van der Waals surface area contributed by atoms with E-state index < -0.39 is 23.5 Å². The highest BCUT2D eigenvalue weighted by atomic mass is 19.1. The van der Waals surface area contributed by atoms with E-state index in [1.54, 1.807) is 19.1 Å². The topological polar surface area (TPSA) is 50.7 Å². The summed E-state index contributed by atoms with van der Waals surface area (Å²) >= 11 is 0. The smallest absolute Gasteiger partial charge is 0.138 e. The van der Waals surface area contributed by atoms with Crippen molar-refractivity contribution in [3.63, 3.8) is 0 Å². The maximum Gasteiger partial charge on any atom is 0.138 e. The Morgan fingerprint density at radius 2 is 1.82 bits per heavy atom. The van der Waals surface area contributed by atoms with Crippen LogP contribution in [-0.4, -0.2) is 25.3 Å². The Kier molecular flexibility index (Phi) is 6.14. The van der Waals surface area contributed by atoms with E-state index in [9.17, 15) is 18.0 Å². The molecule has 4 nitrogen and oxygen atoms in total. The van der Waals surface area contributed by atoms with E-state index in [1.165, 1.54) is 31.4 Å². The predicted octanol–water partition coefficient (Wildman–Crippen LogP) is 3.88. The van der Waals surface area contributed by atoms with Gasteiger partial charge in [-0.15, -0.1) is 0 Å². The lowest BCUT2D eigenvalue weighted by atomic mass is 9.82. The zero-order valence-corrected chi connectivity index (χ0v) is 15.6. The molecule has 148 valence electrons. The second kappa shape index (κ2) is 8.56. The molecular formula is C21H21F3N2O2. The van der Waals surface area contributed by atoms with Crippen LogP contribution in [0.15, 0.2) is 41.4 Å². The first kappa shape index (κ1) is 20.1. The highest BCUT2D eigenvalue weighted by molar-refractivity contribution is 5.92. The number of aliphatic imine (C=N–C) groups is 1. The third-order valence-electron chi connectivity index (χ3n) is 4.86. The van der Waals surface area contributed by atoms with Crippen LogP contribution in [0.3, 0.4) is 0 Å². The molecule has 28 heavy (non-hydrogen) atoms. The normalized spacial score (nSPS) is 18.8. The Bertz CT molecular complexity index is 874. The molecule has 7 heteroatoms. The van der Waals surface area contributed by atoms with Crippen molar-refractivity contribution < 1.29 is 22.8 Å². The van der Waals surface area contributed by atoms with E-state index in [-0.39, 0.29) is 36.6 Å². The molecule has 2 aromatic carbocycles. The molecule has 1 aliphatic rings. The van der Waals surface area contributed by atoms with Crippen LogP contribution in [0.5, 0.6) is 0 Å². The fraction of sp³-hybridized carbons (Fsp3) is 0.333. The molecule has 3 rings (SSSR count). The number of amidine groups is 1. The summed E-state index contributed by atoms with van der Waals surface area (Å²) in [6, 6.07) is 8.21. The lowest BCUT2D eigenvalue weighted by Gasteiger charge is -2.22. The second-order valence-corrected chi connectivity index (χ2v) is 6.93. The second-order valence-electron chi connectivity index (χ2n) is 6.93. The van der Waals surface area contributed by atoms with Gasteiger partial charge in [-0.2, -0.15) is 0 Å². The number of nitrogens with one attached hydrogen (secondary N) is 1. The fourth-order valence-corrected chi connectivity index (χ4v) is 3.59. The van der Waals surface area contributed by atoms with Gasteiger partial charge in [0.25, 0.3) is 0 Å². The summed E-state index contributed by atoms with van der Waals surface area (Å²) in [5.74, 6) is -2.58. The van der Waals surface area contributed by atoms with Gasteiger partial charge in [-0.05, 0) is 42.3 Å². The zero-order valence-electron chi connectivity index (χ0n) is 15.6. The number of aryl methyl sites for hydroxylation is 1. The molecule has 0 fully saturated rings. The molecular weight excluding hydrogens is 369 g/mol. The summed E-state index contributed by atoms with van der Waals surface area (Å²) in [6.45, 7) is 1.76. The van der Waals surface area contributed by atoms with Gasteiger partial charge in [-0.3, -0.25) is 20.1 Å². The predicted molar refractivity (Wildman–Crippen MR) is 99.5 cm³/mol. The summed E-state index contributed by atoms with van der Waals surface area (Å²) < 4.78 is 42.1. The Labute approximate surface area is 161 Å². The molecule has 0 spiro atoms. The molecule has 0 saturated heterocycles. The summed E-state index contributed by atoms with van der Waals surface area (Å²) in [5.41, 5.74) is 3.71. The fourth-order valence-electron chi connectivity index (χ4n) is 3.59. The molecule has 0 bridgehead atoms. The highest BCUT2D eigenvalue weighted by Gasteiger charge is 2.37. The largest absolute Gasteiger partial charge is 0.299 e. The van der Waals surface area contributed by atoms with Crippen LogP contribution < -0.4 is 5.48 Å². The SMILES string of the molecule is CONC1=NC[C@@H](c2c(F)cc(C)cc2F)[C@@H]1CC(=O)Cc1ccc(F)cc1. The van der Waals surface area contributed by atoms with Crippen molar-refractivity contribution in [2.24, 2.45) is 10.9 Å². The van der Waals surface area contributed by atoms with Gasteiger partial charge in [0.1, 0.15) is 29.1 Å². The minimum Gasteiger partial charge on any atom is -0.299 e. The number of benzene rings is 2. The van der Waals surface area contributed by atoms with Gasteiger partial charge in [0.2, 0.25) is 0 Å². The van der Waals surface area contributed by atoms with Gasteiger partial charge in [0.15, 0.2) is 0 Å². The lowest BCUT2D eigenvalue weighted by Crippen LogP contribution is -2.32. The number of ketones is 1. The number of hydrogen-bond acceptors (Lipinski definition) is 4. The first-order valence-corrected chi connectivity index (χ1v) is 8.94. The molecule has 0 amide bonds. The molecule has 0 unspecified atom stereocenters. The number of carbonyl (C=O) groups excluding carboxylic acids is 1. The maximum atomic E-state index is 14.5. The number of hydrogen-bond donors (Lipinski definition) is 1. The third kappa shape index (κ3) is 4.42. The number of rotatable bonds is 6. The number of halogens is 3. The average Bonchev–Trinajstić information content (AvgIpc) is 2.99. The van der Waals surface area contributed by atoms with E-state index in [2.05, 4.69) is 10.5 Å². The minimum atomic E-state index is -0.646. The summed E-state index contributed by atoms with van der Waals surface area (Å²) in [7, 11) is 1.40. The first-order chi connectivity index (χ1) is 13.4. The maximum absolute atomic E-state index is 14.5. The highest BCUT2D eigenvalue weighted by Crippen LogP contribution is 2.36. The van der Waals surface area contributed by atoms with Crippen molar-refractivity contribution in [1.82, 2.24) is 5.48 Å². The summed E-state index contributed by atoms with van der Waals surface area (Å²) in [6.07, 6.45) is 0.132. The van der Waals surface area contributed by atoms with E-state index in [1.807, 2.05) is 0 Å². The Hall–Kier alpha value is -2.67. The Morgan fingerprint density at radius 1 is 1.18 bits per heavy atom. The van der Waals surface area contributed by atoms with Gasteiger partial charge < -0.3 is 0 Å². The molecule has 1 aliphatic heterocycles. The van der Waals surface area contributed by atoms with Crippen molar-refractivity contribution in [3.05, 3.63) is 70.5 Å². The van der Waals surface area contributed by atoms with Crippen molar-refractivity contribution in [2.75, 3.05) is 13.7 Å². The van der Waals surface area contributed by atoms with E-state index in [0.717, 1.165) is 0 Å². The quantitative estimate of drug-likeness (QED) is 0.762. The van der Waals surface area contributed by atoms with Crippen LogP contribution >= 0.6 is 0 Å². The van der Waals surface area contributed by atoms with Crippen molar-refractivity contribution >= 4 is 11.6 Å². The zero-order chi connectivity index (χ0) is 20.3. The molecule has 0 saturated carbocycles. The van der Waals surface area contributed by atoms with Crippen molar-refractivity contribution in [2.45, 2.75) is 25.7 Å². The van der Waals surface area contributed by atoms with E-state index >= 15 is 0 Å². The third-order valence-corrected chi connectivity index (χ3v) is 4.86. The van der Waals surface area contributed by atoms with Crippen LogP contribution in [0.25, 0.3) is 0 Å². The molecule has 0 aromatic heterocycles. The summed E-state index contributed by atoms with van der Waals surface area (Å²) in [5, 5.41) is 0. The Balaban J connectivity index is 1.82. The lowest BCUT2D eigenvalue weighted by molar-refractivity contribution is -0.119. The number of hydroxylamine groups is 1. The average molecular weight is 390 g/mol. The molecule has 0 aliphatic carbocycles. The van der Waals surface area contributed by atoms with E-state index in [4.69, 9.17) is 4.84 Å². The number of nitrogens with zero attached hydrogens (tertiary/aromatic N) is 1. The number of carbonyl (C=O) groups is 1. The van der Waals surface area contributed by atoms with Gasteiger partial charge in [-0.1, -0.05) is 12.1 Å². The number of Topliss-reactive ketones (excluding diaryl/α,β-unsaturated/α-hetero) is 1. The monoisotopic (exact) mass is 390 g/mol. The van der Waals surface area contributed by atoms with Crippen LogP contribution in [0.1, 0.15) is 29.0 Å². The first-order valence-electron chi connectivity index (χ1n) is 8.94. The molecule has 1 heterocycles. The van der Waals surface area contributed by atoms with Crippen LogP contribution in [-0.2, 0) is 16.1 Å². The van der Waals surface area contributed by atoms with Gasteiger partial charge >= 0.3 is 0 Å². The van der Waals surface area contributed by atoms with Gasteiger partial charge in [-0.25, -0.2) is 13.2 Å². The van der Waals surface area contributed by atoms with Crippen molar-refractivity contribution in [1.29, 1.82) is 0 Å². The Morgan fingerprint density at radius 3 is 2.43 bits per heavy atom. The molecule has 2 aromatic rings. The van der Waals surface area contributed by atoms with Gasteiger partial charge in [0, 0.05) is 36.8 Å². The standard InChI is InChI=1S/C21H21F3N2O2/c1-12-7-18(23)20(19(24)8-12)17-11-25-21(26-28-2)16(17)10-15(27)9-13-3-5-14(22)6-4-13/h3-8,16-17H,9-11H2,1-2H3,(H,25,26)/t16-,17+/m0/s1.